The van der Waals surface area contributed by atoms with Crippen molar-refractivity contribution in [1.82, 2.24) is 4.90 Å². The second-order valence-corrected chi connectivity index (χ2v) is 3.57. The van der Waals surface area contributed by atoms with Gasteiger partial charge in [-0.15, -0.1) is 0 Å². The SMILES string of the molecule is CCN(CCOC)C(C)C(C)CN. The van der Waals surface area contributed by atoms with Crippen LogP contribution in [0.1, 0.15) is 20.8 Å². The van der Waals surface area contributed by atoms with Gasteiger partial charge in [-0.3, -0.25) is 4.90 Å². The molecular formula is C10H24N2O. The normalized spacial score (nSPS) is 16.2. The lowest BCUT2D eigenvalue weighted by atomic mass is 10.0. The molecule has 0 aliphatic heterocycles. The van der Waals surface area contributed by atoms with Crippen LogP contribution in [0.4, 0.5) is 0 Å². The molecule has 0 aromatic heterocycles. The van der Waals surface area contributed by atoms with Crippen LogP contribution in [0.15, 0.2) is 0 Å². The fourth-order valence-corrected chi connectivity index (χ4v) is 1.42. The van der Waals surface area contributed by atoms with E-state index < -0.39 is 0 Å². The van der Waals surface area contributed by atoms with Crippen LogP contribution >= 0.6 is 0 Å². The lowest BCUT2D eigenvalue weighted by molar-refractivity contribution is 0.110. The molecule has 0 fully saturated rings. The van der Waals surface area contributed by atoms with Gasteiger partial charge in [-0.05, 0) is 25.9 Å². The number of nitrogens with zero attached hydrogens (tertiary/aromatic N) is 1. The van der Waals surface area contributed by atoms with Gasteiger partial charge in [-0.2, -0.15) is 0 Å². The van der Waals surface area contributed by atoms with Crippen molar-refractivity contribution in [3.05, 3.63) is 0 Å². The maximum Gasteiger partial charge on any atom is 0.0589 e. The number of methoxy groups -OCH3 is 1. The maximum atomic E-state index is 5.64. The first kappa shape index (κ1) is 12.9. The van der Waals surface area contributed by atoms with E-state index in [2.05, 4.69) is 25.7 Å². The Balaban J connectivity index is 3.90. The number of hydrogen-bond acceptors (Lipinski definition) is 3. The van der Waals surface area contributed by atoms with Gasteiger partial charge in [-0.25, -0.2) is 0 Å². The molecule has 0 aliphatic carbocycles. The minimum atomic E-state index is 0.546. The van der Waals surface area contributed by atoms with Crippen LogP contribution in [0.2, 0.25) is 0 Å². The summed E-state index contributed by atoms with van der Waals surface area (Å²) in [7, 11) is 1.74. The Kier molecular flexibility index (Phi) is 7.23. The van der Waals surface area contributed by atoms with E-state index in [4.69, 9.17) is 10.5 Å². The van der Waals surface area contributed by atoms with Crippen molar-refractivity contribution in [1.29, 1.82) is 0 Å². The van der Waals surface area contributed by atoms with Crippen molar-refractivity contribution in [2.45, 2.75) is 26.8 Å². The minimum Gasteiger partial charge on any atom is -0.383 e. The summed E-state index contributed by atoms with van der Waals surface area (Å²) in [5.74, 6) is 0.553. The first-order valence-corrected chi connectivity index (χ1v) is 5.10. The molecule has 0 aromatic rings. The third-order valence-electron chi connectivity index (χ3n) is 2.76. The summed E-state index contributed by atoms with van der Waals surface area (Å²) in [4.78, 5) is 2.40. The highest BCUT2D eigenvalue weighted by Gasteiger charge is 2.16. The highest BCUT2D eigenvalue weighted by molar-refractivity contribution is 4.72. The van der Waals surface area contributed by atoms with E-state index in [1.54, 1.807) is 7.11 Å². The van der Waals surface area contributed by atoms with E-state index in [9.17, 15) is 0 Å². The van der Waals surface area contributed by atoms with Gasteiger partial charge < -0.3 is 10.5 Å². The second-order valence-electron chi connectivity index (χ2n) is 3.57. The molecule has 0 rings (SSSR count). The lowest BCUT2D eigenvalue weighted by Gasteiger charge is -2.31. The molecule has 0 spiro atoms. The fraction of sp³-hybridized carbons (Fsp3) is 1.00. The van der Waals surface area contributed by atoms with Crippen LogP contribution in [0, 0.1) is 5.92 Å². The first-order valence-electron chi connectivity index (χ1n) is 5.10. The minimum absolute atomic E-state index is 0.546. The summed E-state index contributed by atoms with van der Waals surface area (Å²) in [6.45, 7) is 10.2. The zero-order valence-electron chi connectivity index (χ0n) is 9.42. The predicted molar refractivity (Wildman–Crippen MR) is 56.8 cm³/mol. The molecule has 0 bridgehead atoms. The first-order chi connectivity index (χ1) is 6.17. The molecule has 2 unspecified atom stereocenters. The average Bonchev–Trinajstić information content (AvgIpc) is 2.17. The standard InChI is InChI=1S/C10H24N2O/c1-5-12(6-7-13-4)10(3)9(2)8-11/h9-10H,5-8,11H2,1-4H3. The summed E-state index contributed by atoms with van der Waals surface area (Å²) in [6.07, 6.45) is 0. The van der Waals surface area contributed by atoms with Gasteiger partial charge in [0.25, 0.3) is 0 Å². The molecule has 3 heteroatoms. The van der Waals surface area contributed by atoms with Crippen LogP contribution in [-0.2, 0) is 4.74 Å². The molecule has 0 saturated heterocycles. The Morgan fingerprint density at radius 3 is 2.38 bits per heavy atom. The van der Waals surface area contributed by atoms with Gasteiger partial charge in [0, 0.05) is 19.7 Å². The number of likely N-dealkylation sites (N-methyl/N-ethyl adjacent to an activating group) is 1. The average molecular weight is 188 g/mol. The summed E-state index contributed by atoms with van der Waals surface area (Å²) in [5.41, 5.74) is 5.64. The number of ether oxygens (including phenoxy) is 1. The van der Waals surface area contributed by atoms with Crippen LogP contribution in [-0.4, -0.2) is 44.3 Å². The molecule has 2 N–H and O–H groups in total. The summed E-state index contributed by atoms with van der Waals surface area (Å²) >= 11 is 0. The molecule has 0 heterocycles. The molecule has 3 nitrogen and oxygen atoms in total. The Labute approximate surface area is 82.2 Å². The fourth-order valence-electron chi connectivity index (χ4n) is 1.42. The summed E-state index contributed by atoms with van der Waals surface area (Å²) in [5, 5.41) is 0. The van der Waals surface area contributed by atoms with Crippen molar-refractivity contribution in [2.75, 3.05) is 33.4 Å². The number of rotatable bonds is 7. The van der Waals surface area contributed by atoms with E-state index in [1.807, 2.05) is 0 Å². The van der Waals surface area contributed by atoms with Gasteiger partial charge in [0.2, 0.25) is 0 Å². The molecule has 13 heavy (non-hydrogen) atoms. The third-order valence-corrected chi connectivity index (χ3v) is 2.76. The molecular weight excluding hydrogens is 164 g/mol. The van der Waals surface area contributed by atoms with Gasteiger partial charge in [0.05, 0.1) is 6.61 Å². The summed E-state index contributed by atoms with van der Waals surface area (Å²) in [6, 6.07) is 0.546. The highest BCUT2D eigenvalue weighted by atomic mass is 16.5. The molecule has 0 radical (unpaired) electrons. The molecule has 80 valence electrons. The largest absolute Gasteiger partial charge is 0.383 e. The molecule has 0 aromatic carbocycles. The third kappa shape index (κ3) is 4.60. The van der Waals surface area contributed by atoms with Crippen molar-refractivity contribution < 1.29 is 4.74 Å². The van der Waals surface area contributed by atoms with Crippen LogP contribution in [0.3, 0.4) is 0 Å². The maximum absolute atomic E-state index is 5.64. The number of nitrogens with two attached hydrogens (primary N) is 1. The lowest BCUT2D eigenvalue weighted by Crippen LogP contribution is -2.41. The molecule has 2 atom stereocenters. The van der Waals surface area contributed by atoms with Crippen LogP contribution in [0.5, 0.6) is 0 Å². The Hall–Kier alpha value is -0.120. The van der Waals surface area contributed by atoms with Crippen molar-refractivity contribution in [3.8, 4) is 0 Å². The van der Waals surface area contributed by atoms with Gasteiger partial charge in [0.15, 0.2) is 0 Å². The monoisotopic (exact) mass is 188 g/mol. The highest BCUT2D eigenvalue weighted by Crippen LogP contribution is 2.08. The van der Waals surface area contributed by atoms with Crippen LogP contribution in [0.25, 0.3) is 0 Å². The Bertz CT molecular complexity index is 119. The Morgan fingerprint density at radius 2 is 2.00 bits per heavy atom. The summed E-state index contributed by atoms with van der Waals surface area (Å²) < 4.78 is 5.06. The predicted octanol–water partition coefficient (Wildman–Crippen LogP) is 0.938. The molecule has 0 amide bonds. The topological polar surface area (TPSA) is 38.5 Å². The zero-order valence-corrected chi connectivity index (χ0v) is 9.42. The number of hydrogen-bond donors (Lipinski definition) is 1. The van der Waals surface area contributed by atoms with Gasteiger partial charge >= 0.3 is 0 Å². The van der Waals surface area contributed by atoms with E-state index in [0.717, 1.165) is 26.2 Å². The smallest absolute Gasteiger partial charge is 0.0589 e. The van der Waals surface area contributed by atoms with E-state index in [0.29, 0.717) is 12.0 Å². The van der Waals surface area contributed by atoms with E-state index in [1.165, 1.54) is 0 Å². The van der Waals surface area contributed by atoms with Crippen molar-refractivity contribution >= 4 is 0 Å². The second kappa shape index (κ2) is 7.30. The van der Waals surface area contributed by atoms with Crippen molar-refractivity contribution in [3.63, 3.8) is 0 Å². The van der Waals surface area contributed by atoms with Gasteiger partial charge in [-0.1, -0.05) is 13.8 Å². The molecule has 0 saturated carbocycles. The Morgan fingerprint density at radius 1 is 1.38 bits per heavy atom. The van der Waals surface area contributed by atoms with Crippen molar-refractivity contribution in [2.24, 2.45) is 11.7 Å². The molecule has 0 aliphatic rings. The quantitative estimate of drug-likeness (QED) is 0.646. The van der Waals surface area contributed by atoms with E-state index >= 15 is 0 Å². The van der Waals surface area contributed by atoms with Crippen LogP contribution < -0.4 is 5.73 Å². The zero-order chi connectivity index (χ0) is 10.3. The van der Waals surface area contributed by atoms with Gasteiger partial charge in [0.1, 0.15) is 0 Å². The van der Waals surface area contributed by atoms with E-state index in [-0.39, 0.29) is 0 Å².